The Kier molecular flexibility index (Phi) is 4.40. The normalized spacial score (nSPS) is 20.4. The van der Waals surface area contributed by atoms with Crippen LogP contribution in [0.4, 0.5) is 0 Å². The highest BCUT2D eigenvalue weighted by atomic mass is 35.5. The lowest BCUT2D eigenvalue weighted by atomic mass is 10.0. The van der Waals surface area contributed by atoms with Crippen LogP contribution in [-0.4, -0.2) is 35.7 Å². The quantitative estimate of drug-likeness (QED) is 0.862. The summed E-state index contributed by atoms with van der Waals surface area (Å²) < 4.78 is 0. The molecule has 4 heteroatoms. The number of aliphatic hydroxyl groups excluding tert-OH is 1. The smallest absolute Gasteiger partial charge is 0.0953 e. The standard InChI is InChI=1S/C13H19ClN2O/c14-11-5-3-10(4-6-11)13(17)12(15)9-16-7-1-2-8-16/h3-6,12-13,17H,1-2,7-9,15H2/t12-,13-/m1/s1. The molecule has 1 saturated heterocycles. The van der Waals surface area contributed by atoms with Crippen LogP contribution in [0.25, 0.3) is 0 Å². The number of hydrogen-bond donors (Lipinski definition) is 2. The van der Waals surface area contributed by atoms with Gasteiger partial charge in [0.2, 0.25) is 0 Å². The molecule has 17 heavy (non-hydrogen) atoms. The van der Waals surface area contributed by atoms with Crippen LogP contribution >= 0.6 is 11.6 Å². The first kappa shape index (κ1) is 12.8. The van der Waals surface area contributed by atoms with E-state index in [1.165, 1.54) is 12.8 Å². The SMILES string of the molecule is N[C@H](CN1CCCC1)[C@H](O)c1ccc(Cl)cc1. The zero-order valence-corrected chi connectivity index (χ0v) is 10.6. The van der Waals surface area contributed by atoms with E-state index in [0.717, 1.165) is 25.2 Å². The van der Waals surface area contributed by atoms with Gasteiger partial charge in [0.15, 0.2) is 0 Å². The maximum atomic E-state index is 10.1. The first-order chi connectivity index (χ1) is 8.16. The fourth-order valence-corrected chi connectivity index (χ4v) is 2.40. The summed E-state index contributed by atoms with van der Waals surface area (Å²) in [6.07, 6.45) is 1.86. The third-order valence-corrected chi connectivity index (χ3v) is 3.54. The Morgan fingerprint density at radius 2 is 1.82 bits per heavy atom. The van der Waals surface area contributed by atoms with Crippen LogP contribution in [0.3, 0.4) is 0 Å². The Balaban J connectivity index is 1.93. The summed E-state index contributed by atoms with van der Waals surface area (Å²) in [6, 6.07) is 6.98. The zero-order chi connectivity index (χ0) is 12.3. The molecule has 0 unspecified atom stereocenters. The molecule has 0 amide bonds. The fraction of sp³-hybridized carbons (Fsp3) is 0.538. The third kappa shape index (κ3) is 3.42. The van der Waals surface area contributed by atoms with Crippen molar-refractivity contribution in [3.63, 3.8) is 0 Å². The summed E-state index contributed by atoms with van der Waals surface area (Å²) in [6.45, 7) is 2.95. The number of likely N-dealkylation sites (tertiary alicyclic amines) is 1. The maximum Gasteiger partial charge on any atom is 0.0953 e. The Hall–Kier alpha value is -0.610. The zero-order valence-electron chi connectivity index (χ0n) is 9.85. The topological polar surface area (TPSA) is 49.5 Å². The monoisotopic (exact) mass is 254 g/mol. The molecule has 1 aliphatic rings. The van der Waals surface area contributed by atoms with Crippen molar-refractivity contribution < 1.29 is 5.11 Å². The number of nitrogens with two attached hydrogens (primary N) is 1. The predicted octanol–water partition coefficient (Wildman–Crippen LogP) is 1.80. The van der Waals surface area contributed by atoms with E-state index in [9.17, 15) is 5.11 Å². The highest BCUT2D eigenvalue weighted by Crippen LogP contribution is 2.20. The Morgan fingerprint density at radius 3 is 2.41 bits per heavy atom. The maximum absolute atomic E-state index is 10.1. The van der Waals surface area contributed by atoms with Gasteiger partial charge >= 0.3 is 0 Å². The van der Waals surface area contributed by atoms with E-state index < -0.39 is 6.10 Å². The van der Waals surface area contributed by atoms with Crippen molar-refractivity contribution in [2.75, 3.05) is 19.6 Å². The third-order valence-electron chi connectivity index (χ3n) is 3.28. The minimum atomic E-state index is -0.618. The van der Waals surface area contributed by atoms with Gasteiger partial charge in [0.25, 0.3) is 0 Å². The van der Waals surface area contributed by atoms with Gasteiger partial charge in [-0.2, -0.15) is 0 Å². The molecule has 94 valence electrons. The van der Waals surface area contributed by atoms with Gasteiger partial charge in [-0.3, -0.25) is 0 Å². The van der Waals surface area contributed by atoms with Crippen molar-refractivity contribution in [1.29, 1.82) is 0 Å². The number of halogens is 1. The molecule has 0 spiro atoms. The van der Waals surface area contributed by atoms with E-state index in [1.807, 2.05) is 12.1 Å². The molecule has 0 aromatic heterocycles. The Bertz CT molecular complexity index is 349. The van der Waals surface area contributed by atoms with E-state index in [2.05, 4.69) is 4.90 Å². The first-order valence-corrected chi connectivity index (χ1v) is 6.46. The summed E-state index contributed by atoms with van der Waals surface area (Å²) in [4.78, 5) is 2.31. The summed E-state index contributed by atoms with van der Waals surface area (Å²) in [5.41, 5.74) is 6.88. The molecule has 1 aromatic carbocycles. The molecule has 0 aliphatic carbocycles. The minimum Gasteiger partial charge on any atom is -0.387 e. The van der Waals surface area contributed by atoms with E-state index in [4.69, 9.17) is 17.3 Å². The number of rotatable bonds is 4. The van der Waals surface area contributed by atoms with Crippen molar-refractivity contribution in [3.05, 3.63) is 34.9 Å². The molecule has 1 aliphatic heterocycles. The molecule has 3 N–H and O–H groups in total. The van der Waals surface area contributed by atoms with E-state index >= 15 is 0 Å². The van der Waals surface area contributed by atoms with E-state index in [0.29, 0.717) is 5.02 Å². The lowest BCUT2D eigenvalue weighted by Crippen LogP contribution is -2.40. The van der Waals surface area contributed by atoms with Gasteiger partial charge in [0.1, 0.15) is 0 Å². The van der Waals surface area contributed by atoms with Crippen molar-refractivity contribution in [1.82, 2.24) is 4.90 Å². The molecule has 2 atom stereocenters. The Morgan fingerprint density at radius 1 is 1.24 bits per heavy atom. The van der Waals surface area contributed by atoms with Gasteiger partial charge in [-0.25, -0.2) is 0 Å². The summed E-state index contributed by atoms with van der Waals surface area (Å²) >= 11 is 5.81. The lowest BCUT2D eigenvalue weighted by molar-refractivity contribution is 0.125. The predicted molar refractivity (Wildman–Crippen MR) is 70.1 cm³/mol. The molecule has 1 heterocycles. The molecule has 0 saturated carbocycles. The average Bonchev–Trinajstić information content (AvgIpc) is 2.82. The molecule has 1 fully saturated rings. The van der Waals surface area contributed by atoms with Crippen LogP contribution in [0.2, 0.25) is 5.02 Å². The number of nitrogens with zero attached hydrogens (tertiary/aromatic N) is 1. The highest BCUT2D eigenvalue weighted by molar-refractivity contribution is 6.30. The number of benzene rings is 1. The lowest BCUT2D eigenvalue weighted by Gasteiger charge is -2.24. The van der Waals surface area contributed by atoms with Crippen LogP contribution in [0.15, 0.2) is 24.3 Å². The largest absolute Gasteiger partial charge is 0.387 e. The van der Waals surface area contributed by atoms with Gasteiger partial charge in [0.05, 0.1) is 6.10 Å². The van der Waals surface area contributed by atoms with Crippen LogP contribution < -0.4 is 5.73 Å². The van der Waals surface area contributed by atoms with Crippen LogP contribution in [0, 0.1) is 0 Å². The molecule has 0 bridgehead atoms. The van der Waals surface area contributed by atoms with E-state index in [-0.39, 0.29) is 6.04 Å². The van der Waals surface area contributed by atoms with Gasteiger partial charge < -0.3 is 15.7 Å². The molecule has 3 nitrogen and oxygen atoms in total. The number of hydrogen-bond acceptors (Lipinski definition) is 3. The van der Waals surface area contributed by atoms with Crippen molar-refractivity contribution in [2.24, 2.45) is 5.73 Å². The summed E-state index contributed by atoms with van der Waals surface area (Å²) in [7, 11) is 0. The second-order valence-corrected chi connectivity index (χ2v) is 5.10. The molecule has 1 aromatic rings. The molecular formula is C13H19ClN2O. The van der Waals surface area contributed by atoms with Gasteiger partial charge in [-0.05, 0) is 43.6 Å². The van der Waals surface area contributed by atoms with Gasteiger partial charge in [-0.1, -0.05) is 23.7 Å². The van der Waals surface area contributed by atoms with Crippen molar-refractivity contribution in [2.45, 2.75) is 25.0 Å². The van der Waals surface area contributed by atoms with Gasteiger partial charge in [-0.15, -0.1) is 0 Å². The van der Waals surface area contributed by atoms with Crippen LogP contribution in [0.5, 0.6) is 0 Å². The number of aliphatic hydroxyl groups is 1. The average molecular weight is 255 g/mol. The highest BCUT2D eigenvalue weighted by Gasteiger charge is 2.21. The van der Waals surface area contributed by atoms with E-state index in [1.54, 1.807) is 12.1 Å². The summed E-state index contributed by atoms with van der Waals surface area (Å²) in [5, 5.41) is 10.8. The minimum absolute atomic E-state index is 0.241. The van der Waals surface area contributed by atoms with Crippen molar-refractivity contribution in [3.8, 4) is 0 Å². The van der Waals surface area contributed by atoms with Crippen LogP contribution in [-0.2, 0) is 0 Å². The van der Waals surface area contributed by atoms with Gasteiger partial charge in [0, 0.05) is 17.6 Å². The molecular weight excluding hydrogens is 236 g/mol. The second-order valence-electron chi connectivity index (χ2n) is 4.67. The molecule has 0 radical (unpaired) electrons. The fourth-order valence-electron chi connectivity index (χ4n) is 2.27. The summed E-state index contributed by atoms with van der Waals surface area (Å²) in [5.74, 6) is 0. The van der Waals surface area contributed by atoms with Crippen molar-refractivity contribution >= 4 is 11.6 Å². The Labute approximate surface area is 107 Å². The molecule has 2 rings (SSSR count). The second kappa shape index (κ2) is 5.83. The first-order valence-electron chi connectivity index (χ1n) is 6.08. The van der Waals surface area contributed by atoms with Crippen LogP contribution in [0.1, 0.15) is 24.5 Å².